The maximum atomic E-state index is 13.6. The van der Waals surface area contributed by atoms with E-state index in [1.807, 2.05) is 62.4 Å². The van der Waals surface area contributed by atoms with E-state index in [1.165, 1.54) is 0 Å². The Balaban J connectivity index is 1.32. The van der Waals surface area contributed by atoms with Gasteiger partial charge in [-0.2, -0.15) is 5.26 Å². The fourth-order valence-electron chi connectivity index (χ4n) is 6.29. The molecule has 3 N–H and O–H groups in total. The van der Waals surface area contributed by atoms with Gasteiger partial charge in [-0.05, 0) is 102 Å². The van der Waals surface area contributed by atoms with Crippen LogP contribution in [-0.4, -0.2) is 29.8 Å². The standard InChI is InChI=1S/C37H40BrN5O4/c1-4-7-25-15-31-36(32(44)16-25)35(29(19-39)23(3)42-31)27-17-30(38)37(33(18-27)46-5-2)47-22-26-8-6-9-28(14-26)43-34(45)21-41-20-24-10-12-40-13-11-24/h6,8-14,17-18,25,35,41-42H,4-5,7,15-16,20-22H2,1-3H3,(H,43,45). The van der Waals surface area contributed by atoms with Gasteiger partial charge < -0.3 is 25.4 Å². The molecule has 5 rings (SSSR count). The highest BCUT2D eigenvalue weighted by Crippen LogP contribution is 2.47. The van der Waals surface area contributed by atoms with E-state index in [0.717, 1.165) is 47.3 Å². The van der Waals surface area contributed by atoms with Gasteiger partial charge in [0.1, 0.15) is 6.61 Å². The Morgan fingerprint density at radius 2 is 1.91 bits per heavy atom. The summed E-state index contributed by atoms with van der Waals surface area (Å²) in [4.78, 5) is 30.1. The number of ketones is 1. The molecule has 47 heavy (non-hydrogen) atoms. The van der Waals surface area contributed by atoms with Crippen molar-refractivity contribution in [3.05, 3.63) is 105 Å². The number of carbonyl (C=O) groups is 2. The molecule has 9 nitrogen and oxygen atoms in total. The third kappa shape index (κ3) is 8.28. The lowest BCUT2D eigenvalue weighted by atomic mass is 9.72. The maximum absolute atomic E-state index is 13.6. The molecule has 0 spiro atoms. The molecule has 0 fully saturated rings. The van der Waals surface area contributed by atoms with Gasteiger partial charge in [-0.25, -0.2) is 0 Å². The van der Waals surface area contributed by atoms with Crippen LogP contribution in [0.2, 0.25) is 0 Å². The molecule has 3 aromatic rings. The van der Waals surface area contributed by atoms with Gasteiger partial charge in [0.15, 0.2) is 17.3 Å². The van der Waals surface area contributed by atoms with E-state index >= 15 is 0 Å². The number of allylic oxidation sites excluding steroid dienone is 4. The van der Waals surface area contributed by atoms with Gasteiger partial charge in [0.05, 0.1) is 35.2 Å². The Kier molecular flexibility index (Phi) is 11.5. The second-order valence-electron chi connectivity index (χ2n) is 11.8. The molecule has 0 radical (unpaired) electrons. The molecule has 2 aliphatic rings. The number of amides is 1. The van der Waals surface area contributed by atoms with E-state index in [2.05, 4.69) is 49.9 Å². The number of pyridine rings is 1. The minimum atomic E-state index is -0.490. The van der Waals surface area contributed by atoms with Crippen LogP contribution in [-0.2, 0) is 22.7 Å². The summed E-state index contributed by atoms with van der Waals surface area (Å²) >= 11 is 3.70. The molecule has 1 amide bonds. The van der Waals surface area contributed by atoms with Crippen LogP contribution in [0.4, 0.5) is 5.69 Å². The van der Waals surface area contributed by atoms with Gasteiger partial charge in [-0.1, -0.05) is 25.5 Å². The predicted molar refractivity (Wildman–Crippen MR) is 185 cm³/mol. The number of nitrogens with zero attached hydrogens (tertiary/aromatic N) is 2. The highest BCUT2D eigenvalue weighted by Gasteiger charge is 2.39. The number of hydrogen-bond acceptors (Lipinski definition) is 8. The molecule has 0 saturated heterocycles. The van der Waals surface area contributed by atoms with Gasteiger partial charge in [-0.15, -0.1) is 0 Å². The quantitative estimate of drug-likeness (QED) is 0.173. The first-order valence-corrected chi connectivity index (χ1v) is 16.8. The summed E-state index contributed by atoms with van der Waals surface area (Å²) in [5.41, 5.74) is 6.27. The fourth-order valence-corrected chi connectivity index (χ4v) is 6.87. The number of Topliss-reactive ketones (excluding diaryl/α,β-unsaturated/α-hetero) is 1. The molecule has 2 unspecified atom stereocenters. The average molecular weight is 699 g/mol. The molecule has 0 saturated carbocycles. The number of ether oxygens (including phenoxy) is 2. The number of nitrogens with one attached hydrogen (secondary N) is 3. The molecule has 1 aromatic heterocycles. The van der Waals surface area contributed by atoms with Crippen molar-refractivity contribution in [2.45, 2.75) is 65.5 Å². The molecular formula is C37H40BrN5O4. The number of hydrogen-bond donors (Lipinski definition) is 3. The monoisotopic (exact) mass is 697 g/mol. The van der Waals surface area contributed by atoms with Crippen LogP contribution in [0.1, 0.15) is 69.1 Å². The van der Waals surface area contributed by atoms with Crippen LogP contribution in [0.15, 0.2) is 87.9 Å². The van der Waals surface area contributed by atoms with Crippen LogP contribution in [0, 0.1) is 17.2 Å². The number of dihydropyridines is 1. The van der Waals surface area contributed by atoms with E-state index in [-0.39, 0.29) is 24.8 Å². The van der Waals surface area contributed by atoms with Crippen molar-refractivity contribution in [2.75, 3.05) is 18.5 Å². The van der Waals surface area contributed by atoms with Crippen LogP contribution in [0.5, 0.6) is 11.5 Å². The Hall–Kier alpha value is -4.46. The lowest BCUT2D eigenvalue weighted by molar-refractivity contribution is -0.117. The summed E-state index contributed by atoms with van der Waals surface area (Å²) in [7, 11) is 0. The Morgan fingerprint density at radius 3 is 2.66 bits per heavy atom. The average Bonchev–Trinajstić information content (AvgIpc) is 3.04. The van der Waals surface area contributed by atoms with Crippen LogP contribution < -0.4 is 25.4 Å². The molecular weight excluding hydrogens is 658 g/mol. The second kappa shape index (κ2) is 15.9. The number of nitriles is 1. The lowest BCUT2D eigenvalue weighted by Crippen LogP contribution is -2.34. The maximum Gasteiger partial charge on any atom is 0.238 e. The number of halogens is 1. The summed E-state index contributed by atoms with van der Waals surface area (Å²) < 4.78 is 13.0. The summed E-state index contributed by atoms with van der Waals surface area (Å²) in [6.07, 6.45) is 6.75. The van der Waals surface area contributed by atoms with Crippen LogP contribution in [0.3, 0.4) is 0 Å². The van der Waals surface area contributed by atoms with Gasteiger partial charge in [-0.3, -0.25) is 14.6 Å². The third-order valence-corrected chi connectivity index (χ3v) is 8.94. The van der Waals surface area contributed by atoms with Gasteiger partial charge in [0.2, 0.25) is 5.91 Å². The van der Waals surface area contributed by atoms with Crippen molar-refractivity contribution in [1.29, 1.82) is 5.26 Å². The normalized spacial score (nSPS) is 17.5. The molecule has 1 aliphatic carbocycles. The lowest BCUT2D eigenvalue weighted by Gasteiger charge is -2.35. The second-order valence-corrected chi connectivity index (χ2v) is 12.7. The topological polar surface area (TPSA) is 125 Å². The number of aromatic nitrogens is 1. The first-order valence-electron chi connectivity index (χ1n) is 16.0. The van der Waals surface area contributed by atoms with E-state index in [1.54, 1.807) is 12.4 Å². The highest BCUT2D eigenvalue weighted by atomic mass is 79.9. The minimum Gasteiger partial charge on any atom is -0.490 e. The van der Waals surface area contributed by atoms with E-state index in [0.29, 0.717) is 58.3 Å². The number of benzene rings is 2. The molecule has 2 atom stereocenters. The summed E-state index contributed by atoms with van der Waals surface area (Å²) in [5.74, 6) is 0.792. The van der Waals surface area contributed by atoms with Crippen LogP contribution >= 0.6 is 15.9 Å². The van der Waals surface area contributed by atoms with Crippen molar-refractivity contribution < 1.29 is 19.1 Å². The van der Waals surface area contributed by atoms with Crippen molar-refractivity contribution in [2.24, 2.45) is 5.92 Å². The van der Waals surface area contributed by atoms with E-state index < -0.39 is 5.92 Å². The smallest absolute Gasteiger partial charge is 0.238 e. The Labute approximate surface area is 284 Å². The van der Waals surface area contributed by atoms with E-state index in [9.17, 15) is 14.9 Å². The molecule has 244 valence electrons. The SMILES string of the molecule is CCCC1CC(=O)C2=C(C1)NC(C)=C(C#N)C2c1cc(Br)c(OCc2cccc(NC(=O)CNCc3ccncc3)c2)c(OCC)c1. The Morgan fingerprint density at radius 1 is 1.11 bits per heavy atom. The van der Waals surface area contributed by atoms with Crippen molar-refractivity contribution >= 4 is 33.3 Å². The fraction of sp³-hybridized carbons (Fsp3) is 0.351. The van der Waals surface area contributed by atoms with Crippen LogP contribution in [0.25, 0.3) is 0 Å². The third-order valence-electron chi connectivity index (χ3n) is 8.35. The predicted octanol–water partition coefficient (Wildman–Crippen LogP) is 7.07. The molecule has 10 heteroatoms. The molecule has 0 bridgehead atoms. The largest absolute Gasteiger partial charge is 0.490 e. The number of anilines is 1. The zero-order valence-corrected chi connectivity index (χ0v) is 28.6. The van der Waals surface area contributed by atoms with Gasteiger partial charge in [0.25, 0.3) is 0 Å². The Bertz CT molecular complexity index is 1730. The first kappa shape index (κ1) is 33.9. The van der Waals surface area contributed by atoms with Crippen molar-refractivity contribution in [1.82, 2.24) is 15.6 Å². The van der Waals surface area contributed by atoms with Crippen molar-refractivity contribution in [3.63, 3.8) is 0 Å². The summed E-state index contributed by atoms with van der Waals surface area (Å²) in [6.45, 7) is 7.31. The zero-order chi connectivity index (χ0) is 33.3. The summed E-state index contributed by atoms with van der Waals surface area (Å²) in [6, 6.07) is 17.5. The van der Waals surface area contributed by atoms with Gasteiger partial charge >= 0.3 is 0 Å². The van der Waals surface area contributed by atoms with Crippen molar-refractivity contribution in [3.8, 4) is 17.6 Å². The highest BCUT2D eigenvalue weighted by molar-refractivity contribution is 9.10. The number of carbonyl (C=O) groups excluding carboxylic acids is 2. The summed E-state index contributed by atoms with van der Waals surface area (Å²) in [5, 5.41) is 19.7. The molecule has 2 heterocycles. The minimum absolute atomic E-state index is 0.0911. The molecule has 1 aliphatic heterocycles. The van der Waals surface area contributed by atoms with Gasteiger partial charge in [0, 0.05) is 48.0 Å². The number of rotatable bonds is 13. The first-order chi connectivity index (χ1) is 22.8. The zero-order valence-electron chi connectivity index (χ0n) is 27.0. The molecule has 2 aromatic carbocycles. The van der Waals surface area contributed by atoms with E-state index in [4.69, 9.17) is 9.47 Å².